The van der Waals surface area contributed by atoms with Crippen molar-refractivity contribution in [1.82, 2.24) is 0 Å². The van der Waals surface area contributed by atoms with Crippen LogP contribution >= 0.6 is 23.2 Å². The lowest BCUT2D eigenvalue weighted by atomic mass is 10.0. The monoisotopic (exact) mass is 265 g/mol. The van der Waals surface area contributed by atoms with Gasteiger partial charge in [-0.1, -0.05) is 35.3 Å². The summed E-state index contributed by atoms with van der Waals surface area (Å²) in [5, 5.41) is 9.75. The molecular formula is C13H6Cl2FN. The smallest absolute Gasteiger partial charge is 0.140 e. The van der Waals surface area contributed by atoms with E-state index in [0.717, 1.165) is 0 Å². The first-order valence-electron chi connectivity index (χ1n) is 4.77. The van der Waals surface area contributed by atoms with Crippen molar-refractivity contribution in [2.45, 2.75) is 0 Å². The Bertz CT molecular complexity index is 617. The molecule has 0 unspecified atom stereocenters. The largest absolute Gasteiger partial charge is 0.206 e. The zero-order chi connectivity index (χ0) is 12.4. The van der Waals surface area contributed by atoms with Gasteiger partial charge in [-0.05, 0) is 29.8 Å². The van der Waals surface area contributed by atoms with E-state index in [1.54, 1.807) is 30.3 Å². The van der Waals surface area contributed by atoms with Gasteiger partial charge < -0.3 is 0 Å². The third kappa shape index (κ3) is 2.41. The first kappa shape index (κ1) is 11.9. The molecule has 0 heterocycles. The Morgan fingerprint density at radius 1 is 1.06 bits per heavy atom. The van der Waals surface area contributed by atoms with Gasteiger partial charge >= 0.3 is 0 Å². The first-order valence-corrected chi connectivity index (χ1v) is 5.52. The molecule has 0 aliphatic heterocycles. The fourth-order valence-corrected chi connectivity index (χ4v) is 2.02. The Balaban J connectivity index is 2.58. The number of halogens is 3. The van der Waals surface area contributed by atoms with Crippen molar-refractivity contribution in [3.8, 4) is 17.2 Å². The molecule has 0 bridgehead atoms. The van der Waals surface area contributed by atoms with Crippen LogP contribution in [0.4, 0.5) is 4.39 Å². The number of hydrogen-bond acceptors (Lipinski definition) is 1. The molecule has 4 heteroatoms. The predicted octanol–water partition coefficient (Wildman–Crippen LogP) is 4.67. The Hall–Kier alpha value is -1.56. The van der Waals surface area contributed by atoms with E-state index in [2.05, 4.69) is 0 Å². The maximum atomic E-state index is 13.2. The highest BCUT2D eigenvalue weighted by molar-refractivity contribution is 6.36. The lowest BCUT2D eigenvalue weighted by Crippen LogP contribution is -1.86. The van der Waals surface area contributed by atoms with Crippen LogP contribution in [0.3, 0.4) is 0 Å². The average Bonchev–Trinajstić information content (AvgIpc) is 2.30. The molecule has 2 aromatic rings. The maximum absolute atomic E-state index is 13.2. The summed E-state index contributed by atoms with van der Waals surface area (Å²) in [6.07, 6.45) is 0. The second-order valence-electron chi connectivity index (χ2n) is 3.43. The normalized spacial score (nSPS) is 10.0. The second kappa shape index (κ2) is 4.75. The molecule has 0 aliphatic carbocycles. The Morgan fingerprint density at radius 2 is 1.82 bits per heavy atom. The van der Waals surface area contributed by atoms with E-state index in [9.17, 15) is 4.39 Å². The molecule has 1 nitrogen and oxygen atoms in total. The van der Waals surface area contributed by atoms with Crippen LogP contribution < -0.4 is 0 Å². The fraction of sp³-hybridized carbons (Fsp3) is 0. The summed E-state index contributed by atoms with van der Waals surface area (Å²) in [5.41, 5.74) is 1.39. The molecule has 2 rings (SSSR count). The van der Waals surface area contributed by atoms with Gasteiger partial charge in [0.25, 0.3) is 0 Å². The van der Waals surface area contributed by atoms with Gasteiger partial charge in [0, 0.05) is 15.6 Å². The van der Waals surface area contributed by atoms with Gasteiger partial charge in [-0.25, -0.2) is 4.39 Å². The molecule has 17 heavy (non-hydrogen) atoms. The van der Waals surface area contributed by atoms with E-state index >= 15 is 0 Å². The van der Waals surface area contributed by atoms with E-state index in [1.165, 1.54) is 12.1 Å². The minimum Gasteiger partial charge on any atom is -0.206 e. The summed E-state index contributed by atoms with van der Waals surface area (Å²) >= 11 is 11.8. The van der Waals surface area contributed by atoms with Crippen LogP contribution in [0.25, 0.3) is 11.1 Å². The van der Waals surface area contributed by atoms with Crippen LogP contribution in [0.15, 0.2) is 36.4 Å². The van der Waals surface area contributed by atoms with Crippen molar-refractivity contribution in [3.63, 3.8) is 0 Å². The van der Waals surface area contributed by atoms with Gasteiger partial charge in [0.15, 0.2) is 0 Å². The van der Waals surface area contributed by atoms with Crippen molar-refractivity contribution in [3.05, 3.63) is 57.8 Å². The van der Waals surface area contributed by atoms with Crippen LogP contribution in [0.1, 0.15) is 5.56 Å². The number of hydrogen-bond donors (Lipinski definition) is 0. The quantitative estimate of drug-likeness (QED) is 0.735. The standard InChI is InChI=1S/C13H6Cl2FN/c14-10-2-3-11(12(15)6-10)8-1-4-13(16)9(5-8)7-17/h1-6H. The van der Waals surface area contributed by atoms with Gasteiger partial charge in [-0.15, -0.1) is 0 Å². The number of nitrogens with zero attached hydrogens (tertiary/aromatic N) is 1. The summed E-state index contributed by atoms with van der Waals surface area (Å²) in [6, 6.07) is 11.1. The Morgan fingerprint density at radius 3 is 2.47 bits per heavy atom. The molecule has 0 fully saturated rings. The lowest BCUT2D eigenvalue weighted by molar-refractivity contribution is 0.624. The molecule has 0 radical (unpaired) electrons. The molecule has 2 aromatic carbocycles. The van der Waals surface area contributed by atoms with Gasteiger partial charge in [-0.2, -0.15) is 5.26 Å². The molecule has 0 amide bonds. The van der Waals surface area contributed by atoms with E-state index in [-0.39, 0.29) is 5.56 Å². The summed E-state index contributed by atoms with van der Waals surface area (Å²) < 4.78 is 13.2. The summed E-state index contributed by atoms with van der Waals surface area (Å²) in [7, 11) is 0. The van der Waals surface area contributed by atoms with E-state index in [0.29, 0.717) is 21.2 Å². The minimum absolute atomic E-state index is 0.00600. The molecule has 0 aliphatic rings. The third-order valence-electron chi connectivity index (χ3n) is 2.33. The number of nitriles is 1. The average molecular weight is 266 g/mol. The predicted molar refractivity (Wildman–Crippen MR) is 66.6 cm³/mol. The number of rotatable bonds is 1. The zero-order valence-electron chi connectivity index (χ0n) is 8.55. The summed E-state index contributed by atoms with van der Waals surface area (Å²) in [6.45, 7) is 0. The fourth-order valence-electron chi connectivity index (χ4n) is 1.50. The molecule has 0 saturated heterocycles. The zero-order valence-corrected chi connectivity index (χ0v) is 10.1. The molecular weight excluding hydrogens is 260 g/mol. The van der Waals surface area contributed by atoms with Crippen LogP contribution in [0.2, 0.25) is 10.0 Å². The number of benzene rings is 2. The van der Waals surface area contributed by atoms with Crippen molar-refractivity contribution in [2.75, 3.05) is 0 Å². The van der Waals surface area contributed by atoms with Gasteiger partial charge in [0.2, 0.25) is 0 Å². The first-order chi connectivity index (χ1) is 8.11. The third-order valence-corrected chi connectivity index (χ3v) is 2.88. The van der Waals surface area contributed by atoms with Gasteiger partial charge in [0.05, 0.1) is 5.56 Å². The molecule has 0 saturated carbocycles. The lowest BCUT2D eigenvalue weighted by Gasteiger charge is -2.05. The van der Waals surface area contributed by atoms with Crippen LogP contribution in [-0.2, 0) is 0 Å². The van der Waals surface area contributed by atoms with Crippen molar-refractivity contribution < 1.29 is 4.39 Å². The SMILES string of the molecule is N#Cc1cc(-c2ccc(Cl)cc2Cl)ccc1F. The summed E-state index contributed by atoms with van der Waals surface area (Å²) in [4.78, 5) is 0. The van der Waals surface area contributed by atoms with E-state index in [1.807, 2.05) is 0 Å². The maximum Gasteiger partial charge on any atom is 0.140 e. The van der Waals surface area contributed by atoms with Crippen molar-refractivity contribution in [2.24, 2.45) is 0 Å². The highest BCUT2D eigenvalue weighted by Gasteiger charge is 2.07. The Kier molecular flexibility index (Phi) is 3.33. The van der Waals surface area contributed by atoms with Crippen LogP contribution in [0, 0.1) is 17.1 Å². The second-order valence-corrected chi connectivity index (χ2v) is 4.27. The molecule has 0 N–H and O–H groups in total. The van der Waals surface area contributed by atoms with Crippen LogP contribution in [-0.4, -0.2) is 0 Å². The Labute approximate surface area is 108 Å². The van der Waals surface area contributed by atoms with Crippen molar-refractivity contribution >= 4 is 23.2 Å². The topological polar surface area (TPSA) is 23.8 Å². The van der Waals surface area contributed by atoms with Gasteiger partial charge in [-0.3, -0.25) is 0 Å². The molecule has 0 spiro atoms. The molecule has 0 aromatic heterocycles. The van der Waals surface area contributed by atoms with E-state index < -0.39 is 5.82 Å². The molecule has 0 atom stereocenters. The minimum atomic E-state index is -0.540. The van der Waals surface area contributed by atoms with Crippen LogP contribution in [0.5, 0.6) is 0 Å². The highest BCUT2D eigenvalue weighted by atomic mass is 35.5. The van der Waals surface area contributed by atoms with E-state index in [4.69, 9.17) is 28.5 Å². The van der Waals surface area contributed by atoms with Gasteiger partial charge in [0.1, 0.15) is 11.9 Å². The summed E-state index contributed by atoms with van der Waals surface area (Å²) in [5.74, 6) is -0.540. The highest BCUT2D eigenvalue weighted by Crippen LogP contribution is 2.31. The van der Waals surface area contributed by atoms with Crippen molar-refractivity contribution in [1.29, 1.82) is 5.26 Å². The molecule has 84 valence electrons.